The maximum absolute atomic E-state index is 11.6. The van der Waals surface area contributed by atoms with Crippen molar-refractivity contribution in [3.05, 3.63) is 65.7 Å². The molecule has 0 heterocycles. The summed E-state index contributed by atoms with van der Waals surface area (Å²) in [6.07, 6.45) is 0.955. The van der Waals surface area contributed by atoms with Crippen molar-refractivity contribution in [2.75, 3.05) is 5.73 Å². The van der Waals surface area contributed by atoms with E-state index in [-0.39, 0.29) is 5.91 Å². The molecule has 0 aliphatic heterocycles. The Balaban J connectivity index is 1.70. The zero-order valence-electron chi connectivity index (χ0n) is 11.2. The second-order valence-electron chi connectivity index (χ2n) is 4.50. The zero-order chi connectivity index (χ0) is 14.2. The fourth-order valence-corrected chi connectivity index (χ4v) is 1.84. The highest BCUT2D eigenvalue weighted by Crippen LogP contribution is 2.12. The van der Waals surface area contributed by atoms with Crippen LogP contribution in [0, 0.1) is 0 Å². The Labute approximate surface area is 118 Å². The van der Waals surface area contributed by atoms with Gasteiger partial charge < -0.3 is 5.73 Å². The first-order chi connectivity index (χ1) is 9.75. The Morgan fingerprint density at radius 1 is 1.05 bits per heavy atom. The third kappa shape index (κ3) is 4.40. The van der Waals surface area contributed by atoms with Gasteiger partial charge in [0.25, 0.3) is 0 Å². The molecule has 104 valence electrons. The summed E-state index contributed by atoms with van der Waals surface area (Å²) in [6, 6.07) is 17.2. The van der Waals surface area contributed by atoms with Gasteiger partial charge in [-0.25, -0.2) is 5.48 Å². The maximum Gasteiger partial charge on any atom is 0.243 e. The van der Waals surface area contributed by atoms with Crippen molar-refractivity contribution in [1.29, 1.82) is 0 Å². The van der Waals surface area contributed by atoms with Crippen LogP contribution in [0.3, 0.4) is 0 Å². The maximum atomic E-state index is 11.6. The average molecular weight is 270 g/mol. The fraction of sp³-hybridized carbons (Fsp3) is 0.188. The summed E-state index contributed by atoms with van der Waals surface area (Å²) < 4.78 is 0. The zero-order valence-corrected chi connectivity index (χ0v) is 11.2. The molecular weight excluding hydrogens is 252 g/mol. The molecule has 4 heteroatoms. The number of amides is 1. The van der Waals surface area contributed by atoms with Gasteiger partial charge in [0.15, 0.2) is 0 Å². The summed E-state index contributed by atoms with van der Waals surface area (Å²) in [6.45, 7) is 0.361. The number of para-hydroxylation sites is 1. The molecule has 20 heavy (non-hydrogen) atoms. The smallest absolute Gasteiger partial charge is 0.243 e. The number of hydrogen-bond donors (Lipinski definition) is 2. The fourth-order valence-electron chi connectivity index (χ4n) is 1.84. The van der Waals surface area contributed by atoms with Gasteiger partial charge in [-0.3, -0.25) is 9.63 Å². The molecule has 0 aromatic heterocycles. The number of aryl methyl sites for hydroxylation is 1. The van der Waals surface area contributed by atoms with Crippen LogP contribution in [0.2, 0.25) is 0 Å². The lowest BCUT2D eigenvalue weighted by molar-refractivity contribution is -0.134. The first kappa shape index (κ1) is 14.1. The van der Waals surface area contributed by atoms with Gasteiger partial charge in [-0.1, -0.05) is 48.5 Å². The van der Waals surface area contributed by atoms with Crippen LogP contribution in [0.15, 0.2) is 54.6 Å². The monoisotopic (exact) mass is 270 g/mol. The molecular formula is C16H18N2O2. The van der Waals surface area contributed by atoms with Crippen molar-refractivity contribution in [2.24, 2.45) is 0 Å². The van der Waals surface area contributed by atoms with Crippen LogP contribution in [0.4, 0.5) is 5.69 Å². The lowest BCUT2D eigenvalue weighted by Gasteiger charge is -2.07. The van der Waals surface area contributed by atoms with Crippen molar-refractivity contribution in [1.82, 2.24) is 5.48 Å². The van der Waals surface area contributed by atoms with E-state index in [9.17, 15) is 4.79 Å². The highest BCUT2D eigenvalue weighted by atomic mass is 16.6. The topological polar surface area (TPSA) is 64.4 Å². The number of rotatable bonds is 6. The van der Waals surface area contributed by atoms with Crippen LogP contribution in [0.25, 0.3) is 0 Å². The molecule has 0 unspecified atom stereocenters. The summed E-state index contributed by atoms with van der Waals surface area (Å²) in [4.78, 5) is 16.8. The van der Waals surface area contributed by atoms with Gasteiger partial charge in [0, 0.05) is 12.1 Å². The van der Waals surface area contributed by atoms with Crippen molar-refractivity contribution in [2.45, 2.75) is 19.4 Å². The van der Waals surface area contributed by atoms with Gasteiger partial charge in [0.05, 0.1) is 6.61 Å². The number of nitrogen functional groups attached to an aromatic ring is 1. The minimum atomic E-state index is -0.149. The molecule has 0 spiro atoms. The quantitative estimate of drug-likeness (QED) is 0.626. The Morgan fingerprint density at radius 2 is 1.75 bits per heavy atom. The number of carbonyl (C=O) groups excluding carboxylic acids is 1. The molecule has 0 fully saturated rings. The summed E-state index contributed by atoms with van der Waals surface area (Å²) in [7, 11) is 0. The highest BCUT2D eigenvalue weighted by molar-refractivity contribution is 5.75. The van der Waals surface area contributed by atoms with Crippen LogP contribution < -0.4 is 11.2 Å². The van der Waals surface area contributed by atoms with Crippen molar-refractivity contribution >= 4 is 11.6 Å². The van der Waals surface area contributed by atoms with E-state index in [4.69, 9.17) is 10.6 Å². The van der Waals surface area contributed by atoms with Gasteiger partial charge in [0.2, 0.25) is 5.91 Å². The number of nitrogens with one attached hydrogen (secondary N) is 1. The van der Waals surface area contributed by atoms with E-state index in [0.29, 0.717) is 25.1 Å². The predicted molar refractivity (Wildman–Crippen MR) is 78.5 cm³/mol. The van der Waals surface area contributed by atoms with E-state index in [2.05, 4.69) is 5.48 Å². The SMILES string of the molecule is Nc1ccccc1CCC(=O)NOCc1ccccc1. The van der Waals surface area contributed by atoms with Crippen LogP contribution >= 0.6 is 0 Å². The number of hydrogen-bond acceptors (Lipinski definition) is 3. The molecule has 0 saturated heterocycles. The number of carbonyl (C=O) groups is 1. The molecule has 1 amide bonds. The largest absolute Gasteiger partial charge is 0.399 e. The highest BCUT2D eigenvalue weighted by Gasteiger charge is 2.04. The normalized spacial score (nSPS) is 10.2. The number of benzene rings is 2. The Bertz CT molecular complexity index is 555. The van der Waals surface area contributed by atoms with Gasteiger partial charge >= 0.3 is 0 Å². The van der Waals surface area contributed by atoms with Crippen molar-refractivity contribution in [3.8, 4) is 0 Å². The number of nitrogens with two attached hydrogens (primary N) is 1. The van der Waals surface area contributed by atoms with E-state index in [1.165, 1.54) is 0 Å². The van der Waals surface area contributed by atoms with Crippen molar-refractivity contribution in [3.63, 3.8) is 0 Å². The predicted octanol–water partition coefficient (Wildman–Crippen LogP) is 2.45. The van der Waals surface area contributed by atoms with Crippen LogP contribution in [-0.2, 0) is 22.7 Å². The Hall–Kier alpha value is -2.33. The van der Waals surface area contributed by atoms with Crippen LogP contribution in [0.5, 0.6) is 0 Å². The molecule has 0 atom stereocenters. The summed E-state index contributed by atoms with van der Waals surface area (Å²) >= 11 is 0. The summed E-state index contributed by atoms with van der Waals surface area (Å²) in [5, 5.41) is 0. The molecule has 0 saturated carbocycles. The molecule has 2 aromatic rings. The lowest BCUT2D eigenvalue weighted by atomic mass is 10.1. The minimum absolute atomic E-state index is 0.149. The van der Waals surface area contributed by atoms with E-state index >= 15 is 0 Å². The first-order valence-corrected chi connectivity index (χ1v) is 6.53. The molecule has 0 bridgehead atoms. The van der Waals surface area contributed by atoms with Gasteiger partial charge in [-0.05, 0) is 23.6 Å². The molecule has 3 N–H and O–H groups in total. The standard InChI is InChI=1S/C16H18N2O2/c17-15-9-5-4-8-14(15)10-11-16(19)18-20-12-13-6-2-1-3-7-13/h1-9H,10-12,17H2,(H,18,19). The summed E-state index contributed by atoms with van der Waals surface area (Å²) in [5.41, 5.74) is 11.0. The van der Waals surface area contributed by atoms with Crippen LogP contribution in [0.1, 0.15) is 17.5 Å². The third-order valence-corrected chi connectivity index (χ3v) is 2.94. The minimum Gasteiger partial charge on any atom is -0.399 e. The first-order valence-electron chi connectivity index (χ1n) is 6.53. The third-order valence-electron chi connectivity index (χ3n) is 2.94. The summed E-state index contributed by atoms with van der Waals surface area (Å²) in [5.74, 6) is -0.149. The van der Waals surface area contributed by atoms with E-state index in [0.717, 1.165) is 11.1 Å². The van der Waals surface area contributed by atoms with Gasteiger partial charge in [-0.2, -0.15) is 0 Å². The second-order valence-corrected chi connectivity index (χ2v) is 4.50. The lowest BCUT2D eigenvalue weighted by Crippen LogP contribution is -2.23. The van der Waals surface area contributed by atoms with E-state index in [1.807, 2.05) is 54.6 Å². The Kier molecular flexibility index (Phi) is 5.15. The Morgan fingerprint density at radius 3 is 2.50 bits per heavy atom. The van der Waals surface area contributed by atoms with Crippen molar-refractivity contribution < 1.29 is 9.63 Å². The molecule has 0 aliphatic carbocycles. The second kappa shape index (κ2) is 7.31. The molecule has 0 aliphatic rings. The molecule has 4 nitrogen and oxygen atoms in total. The average Bonchev–Trinajstić information content (AvgIpc) is 2.47. The molecule has 2 aromatic carbocycles. The number of anilines is 1. The van der Waals surface area contributed by atoms with Gasteiger partial charge in [0.1, 0.15) is 0 Å². The number of hydroxylamine groups is 1. The van der Waals surface area contributed by atoms with E-state index < -0.39 is 0 Å². The van der Waals surface area contributed by atoms with E-state index in [1.54, 1.807) is 0 Å². The molecule has 2 rings (SSSR count). The van der Waals surface area contributed by atoms with Gasteiger partial charge in [-0.15, -0.1) is 0 Å². The molecule has 0 radical (unpaired) electrons. The van der Waals surface area contributed by atoms with Crippen LogP contribution in [-0.4, -0.2) is 5.91 Å².